The summed E-state index contributed by atoms with van der Waals surface area (Å²) in [4.78, 5) is 23.7. The van der Waals surface area contributed by atoms with Gasteiger partial charge in [-0.2, -0.15) is 5.10 Å². The molecule has 3 rings (SSSR count). The van der Waals surface area contributed by atoms with E-state index in [-0.39, 0.29) is 5.91 Å². The molecule has 2 aromatic carbocycles. The maximum atomic E-state index is 12.3. The van der Waals surface area contributed by atoms with Crippen molar-refractivity contribution >= 4 is 40.9 Å². The number of ether oxygens (including phenoxy) is 1. The minimum Gasteiger partial charge on any atom is -0.465 e. The van der Waals surface area contributed by atoms with E-state index in [1.54, 1.807) is 41.2 Å². The first kappa shape index (κ1) is 18.9. The molecule has 0 unspecified atom stereocenters. The van der Waals surface area contributed by atoms with E-state index >= 15 is 0 Å². The van der Waals surface area contributed by atoms with E-state index in [0.717, 1.165) is 5.56 Å². The molecule has 0 atom stereocenters. The summed E-state index contributed by atoms with van der Waals surface area (Å²) in [5.74, 6) is -0.384. The van der Waals surface area contributed by atoms with Crippen molar-refractivity contribution in [3.05, 3.63) is 81.5 Å². The minimum absolute atomic E-state index is 0.332. The first-order valence-electron chi connectivity index (χ1n) is 7.93. The summed E-state index contributed by atoms with van der Waals surface area (Å²) < 4.78 is 6.29. The molecule has 0 aliphatic rings. The average Bonchev–Trinajstić information content (AvgIpc) is 3.10. The predicted molar refractivity (Wildman–Crippen MR) is 104 cm³/mol. The van der Waals surface area contributed by atoms with Gasteiger partial charge in [0.15, 0.2) is 5.82 Å². The number of rotatable bonds is 5. The second kappa shape index (κ2) is 8.24. The van der Waals surface area contributed by atoms with E-state index in [0.29, 0.717) is 33.5 Å². The Hall–Kier alpha value is -2.83. The molecule has 138 valence electrons. The Bertz CT molecular complexity index is 984. The normalized spacial score (nSPS) is 10.5. The van der Waals surface area contributed by atoms with Crippen LogP contribution in [-0.2, 0) is 11.3 Å². The van der Waals surface area contributed by atoms with Crippen molar-refractivity contribution in [3.8, 4) is 0 Å². The van der Waals surface area contributed by atoms with Crippen LogP contribution in [0.4, 0.5) is 5.82 Å². The minimum atomic E-state index is -0.457. The Morgan fingerprint density at radius 3 is 2.44 bits per heavy atom. The molecule has 0 spiro atoms. The molecule has 8 heteroatoms. The van der Waals surface area contributed by atoms with Crippen molar-refractivity contribution < 1.29 is 14.3 Å². The first-order valence-corrected chi connectivity index (χ1v) is 8.69. The van der Waals surface area contributed by atoms with Crippen LogP contribution >= 0.6 is 23.2 Å². The maximum absolute atomic E-state index is 12.3. The molecule has 27 heavy (non-hydrogen) atoms. The Morgan fingerprint density at radius 2 is 1.78 bits per heavy atom. The Balaban J connectivity index is 1.66. The van der Waals surface area contributed by atoms with Crippen molar-refractivity contribution in [1.29, 1.82) is 0 Å². The SMILES string of the molecule is COC(=O)c1ccc(C(=O)Nc2ccn(Cc3ccc(Cl)cc3Cl)n2)cc1. The second-order valence-electron chi connectivity index (χ2n) is 5.66. The third kappa shape index (κ3) is 4.67. The summed E-state index contributed by atoms with van der Waals surface area (Å²) in [6.45, 7) is 0.444. The summed E-state index contributed by atoms with van der Waals surface area (Å²) in [5.41, 5.74) is 1.64. The Morgan fingerprint density at radius 1 is 1.07 bits per heavy atom. The Labute approximate surface area is 165 Å². The molecule has 1 amide bonds. The number of nitrogens with zero attached hydrogens (tertiary/aromatic N) is 2. The standard InChI is InChI=1S/C19H15Cl2N3O3/c1-27-19(26)13-4-2-12(3-5-13)18(25)22-17-8-9-24(23-17)11-14-6-7-15(20)10-16(14)21/h2-10H,11H2,1H3,(H,22,23,25). The molecular formula is C19H15Cl2N3O3. The molecule has 0 radical (unpaired) electrons. The first-order chi connectivity index (χ1) is 13.0. The van der Waals surface area contributed by atoms with E-state index in [4.69, 9.17) is 23.2 Å². The van der Waals surface area contributed by atoms with E-state index in [1.807, 2.05) is 6.07 Å². The zero-order valence-electron chi connectivity index (χ0n) is 14.3. The van der Waals surface area contributed by atoms with Gasteiger partial charge in [0.05, 0.1) is 19.2 Å². The third-order valence-electron chi connectivity index (χ3n) is 3.80. The molecule has 0 saturated heterocycles. The topological polar surface area (TPSA) is 73.2 Å². The average molecular weight is 404 g/mol. The van der Waals surface area contributed by atoms with E-state index < -0.39 is 5.97 Å². The molecule has 0 fully saturated rings. The van der Waals surface area contributed by atoms with Gasteiger partial charge in [-0.1, -0.05) is 29.3 Å². The number of carbonyl (C=O) groups excluding carboxylic acids is 2. The van der Waals surface area contributed by atoms with Gasteiger partial charge >= 0.3 is 5.97 Å². The van der Waals surface area contributed by atoms with Gasteiger partial charge in [0.2, 0.25) is 0 Å². The number of aromatic nitrogens is 2. The van der Waals surface area contributed by atoms with Crippen LogP contribution in [0.3, 0.4) is 0 Å². The zero-order chi connectivity index (χ0) is 19.4. The van der Waals surface area contributed by atoms with Crippen LogP contribution < -0.4 is 5.32 Å². The lowest BCUT2D eigenvalue weighted by Gasteiger charge is -2.06. The molecule has 1 aromatic heterocycles. The fraction of sp³-hybridized carbons (Fsp3) is 0.105. The number of hydrogen-bond acceptors (Lipinski definition) is 4. The smallest absolute Gasteiger partial charge is 0.337 e. The van der Waals surface area contributed by atoms with Crippen molar-refractivity contribution in [2.75, 3.05) is 12.4 Å². The fourth-order valence-electron chi connectivity index (χ4n) is 2.40. The van der Waals surface area contributed by atoms with E-state index in [1.165, 1.54) is 19.2 Å². The number of esters is 1. The highest BCUT2D eigenvalue weighted by atomic mass is 35.5. The molecular weight excluding hydrogens is 389 g/mol. The Kier molecular flexibility index (Phi) is 5.78. The maximum Gasteiger partial charge on any atom is 0.337 e. The molecule has 6 nitrogen and oxygen atoms in total. The van der Waals surface area contributed by atoms with E-state index in [9.17, 15) is 9.59 Å². The highest BCUT2D eigenvalue weighted by Crippen LogP contribution is 2.22. The monoisotopic (exact) mass is 403 g/mol. The number of methoxy groups -OCH3 is 1. The molecule has 0 bridgehead atoms. The molecule has 1 heterocycles. The van der Waals surface area contributed by atoms with Crippen molar-refractivity contribution in [1.82, 2.24) is 9.78 Å². The number of halogens is 2. The summed E-state index contributed by atoms with van der Waals surface area (Å²) >= 11 is 12.1. The van der Waals surface area contributed by atoms with Gasteiger partial charge in [-0.05, 0) is 42.0 Å². The highest BCUT2D eigenvalue weighted by molar-refractivity contribution is 6.35. The van der Waals surface area contributed by atoms with Gasteiger partial charge < -0.3 is 10.1 Å². The number of hydrogen-bond donors (Lipinski definition) is 1. The summed E-state index contributed by atoms with van der Waals surface area (Å²) in [5, 5.41) is 8.14. The molecule has 3 aromatic rings. The second-order valence-corrected chi connectivity index (χ2v) is 6.50. The highest BCUT2D eigenvalue weighted by Gasteiger charge is 2.11. The number of benzene rings is 2. The lowest BCUT2D eigenvalue weighted by atomic mass is 10.1. The summed E-state index contributed by atoms with van der Waals surface area (Å²) in [6.07, 6.45) is 1.74. The van der Waals surface area contributed by atoms with E-state index in [2.05, 4.69) is 15.2 Å². The summed E-state index contributed by atoms with van der Waals surface area (Å²) in [6, 6.07) is 13.1. The quantitative estimate of drug-likeness (QED) is 0.645. The lowest BCUT2D eigenvalue weighted by molar-refractivity contribution is 0.0600. The van der Waals surface area contributed by atoms with Crippen molar-refractivity contribution in [3.63, 3.8) is 0 Å². The van der Waals surface area contributed by atoms with Crippen molar-refractivity contribution in [2.24, 2.45) is 0 Å². The summed E-state index contributed by atoms with van der Waals surface area (Å²) in [7, 11) is 1.30. The number of nitrogens with one attached hydrogen (secondary N) is 1. The zero-order valence-corrected chi connectivity index (χ0v) is 15.8. The molecule has 0 aliphatic carbocycles. The van der Waals surface area contributed by atoms with Gasteiger partial charge in [-0.15, -0.1) is 0 Å². The number of carbonyl (C=O) groups is 2. The van der Waals surface area contributed by atoms with Crippen LogP contribution in [-0.4, -0.2) is 28.8 Å². The van der Waals surface area contributed by atoms with Crippen LogP contribution in [0.1, 0.15) is 26.3 Å². The third-order valence-corrected chi connectivity index (χ3v) is 4.38. The largest absolute Gasteiger partial charge is 0.465 e. The van der Waals surface area contributed by atoms with Gasteiger partial charge in [0.1, 0.15) is 0 Å². The fourth-order valence-corrected chi connectivity index (χ4v) is 2.87. The van der Waals surface area contributed by atoms with Gasteiger partial charge in [-0.3, -0.25) is 9.48 Å². The lowest BCUT2D eigenvalue weighted by Crippen LogP contribution is -2.13. The predicted octanol–water partition coefficient (Wildman–Crippen LogP) is 4.28. The van der Waals surface area contributed by atoms with Crippen LogP contribution in [0, 0.1) is 0 Å². The van der Waals surface area contributed by atoms with Gasteiger partial charge in [-0.25, -0.2) is 4.79 Å². The van der Waals surface area contributed by atoms with Gasteiger partial charge in [0.25, 0.3) is 5.91 Å². The van der Waals surface area contributed by atoms with Crippen LogP contribution in [0.15, 0.2) is 54.7 Å². The molecule has 0 aliphatic heterocycles. The van der Waals surface area contributed by atoms with Crippen LogP contribution in [0.5, 0.6) is 0 Å². The molecule has 1 N–H and O–H groups in total. The van der Waals surface area contributed by atoms with Crippen molar-refractivity contribution in [2.45, 2.75) is 6.54 Å². The number of amides is 1. The number of anilines is 1. The van der Waals surface area contributed by atoms with Crippen LogP contribution in [0.25, 0.3) is 0 Å². The van der Waals surface area contributed by atoms with Gasteiger partial charge in [0, 0.05) is 27.9 Å². The molecule has 0 saturated carbocycles. The van der Waals surface area contributed by atoms with Crippen LogP contribution in [0.2, 0.25) is 10.0 Å².